The van der Waals surface area contributed by atoms with E-state index in [-0.39, 0.29) is 5.56 Å². The van der Waals surface area contributed by atoms with Crippen LogP contribution in [0.5, 0.6) is 0 Å². The number of aromatic amines is 1. The summed E-state index contributed by atoms with van der Waals surface area (Å²) in [7, 11) is 0. The lowest BCUT2D eigenvalue weighted by Crippen LogP contribution is -2.14. The van der Waals surface area contributed by atoms with Crippen LogP contribution in [0.25, 0.3) is 10.8 Å². The van der Waals surface area contributed by atoms with Crippen molar-refractivity contribution in [2.24, 2.45) is 0 Å². The first-order valence-corrected chi connectivity index (χ1v) is 6.46. The van der Waals surface area contributed by atoms with Crippen molar-refractivity contribution in [3.8, 4) is 0 Å². The minimum Gasteiger partial charge on any atom is -0.325 e. The normalized spacial score (nSPS) is 17.4. The Kier molecular flexibility index (Phi) is 2.71. The summed E-state index contributed by atoms with van der Waals surface area (Å²) >= 11 is 0. The summed E-state index contributed by atoms with van der Waals surface area (Å²) in [6, 6.07) is 9.98. The molecule has 0 radical (unpaired) electrons. The number of nitrogens with one attached hydrogen (secondary N) is 1. The van der Waals surface area contributed by atoms with Crippen molar-refractivity contribution in [1.29, 1.82) is 0 Å². The molecule has 0 spiro atoms. The van der Waals surface area contributed by atoms with Gasteiger partial charge in [-0.1, -0.05) is 37.5 Å². The highest BCUT2D eigenvalue weighted by atomic mass is 16.1. The zero-order chi connectivity index (χ0) is 11.7. The highest BCUT2D eigenvalue weighted by Crippen LogP contribution is 2.31. The highest BCUT2D eigenvalue weighted by Gasteiger charge is 2.16. The Labute approximate surface area is 101 Å². The maximum Gasteiger partial charge on any atom is 0.256 e. The third-order valence-electron chi connectivity index (χ3n) is 3.82. The molecule has 0 bridgehead atoms. The van der Waals surface area contributed by atoms with Crippen LogP contribution in [0.3, 0.4) is 0 Å². The van der Waals surface area contributed by atoms with Gasteiger partial charge in [0.15, 0.2) is 0 Å². The molecule has 1 aromatic heterocycles. The zero-order valence-electron chi connectivity index (χ0n) is 9.91. The molecule has 2 heteroatoms. The minimum atomic E-state index is 0.0590. The van der Waals surface area contributed by atoms with Crippen molar-refractivity contribution >= 4 is 10.8 Å². The molecule has 2 nitrogen and oxygen atoms in total. The molecule has 0 amide bonds. The van der Waals surface area contributed by atoms with Gasteiger partial charge >= 0.3 is 0 Å². The van der Waals surface area contributed by atoms with E-state index < -0.39 is 0 Å². The van der Waals surface area contributed by atoms with Crippen molar-refractivity contribution in [2.75, 3.05) is 0 Å². The summed E-state index contributed by atoms with van der Waals surface area (Å²) in [5, 5.41) is 1.86. The monoisotopic (exact) mass is 227 g/mol. The van der Waals surface area contributed by atoms with Gasteiger partial charge in [0.05, 0.1) is 0 Å². The molecule has 1 aliphatic rings. The molecule has 0 saturated heterocycles. The quantitative estimate of drug-likeness (QED) is 0.793. The van der Waals surface area contributed by atoms with Crippen LogP contribution in [0, 0.1) is 0 Å². The lowest BCUT2D eigenvalue weighted by Gasteiger charge is -2.21. The van der Waals surface area contributed by atoms with Crippen molar-refractivity contribution in [1.82, 2.24) is 4.98 Å². The van der Waals surface area contributed by atoms with Crippen molar-refractivity contribution < 1.29 is 0 Å². The predicted molar refractivity (Wildman–Crippen MR) is 70.4 cm³/mol. The van der Waals surface area contributed by atoms with Gasteiger partial charge in [-0.2, -0.15) is 0 Å². The second-order valence-electron chi connectivity index (χ2n) is 4.98. The van der Waals surface area contributed by atoms with Gasteiger partial charge in [0.25, 0.3) is 5.56 Å². The fourth-order valence-corrected chi connectivity index (χ4v) is 2.87. The number of hydrogen-bond acceptors (Lipinski definition) is 1. The molecular weight excluding hydrogens is 210 g/mol. The Morgan fingerprint density at radius 3 is 2.65 bits per heavy atom. The molecule has 1 N–H and O–H groups in total. The van der Waals surface area contributed by atoms with Gasteiger partial charge in [-0.15, -0.1) is 0 Å². The molecule has 0 unspecified atom stereocenters. The molecule has 2 aromatic rings. The van der Waals surface area contributed by atoms with Gasteiger partial charge in [0.1, 0.15) is 0 Å². The molecular formula is C15H17NO. The van der Waals surface area contributed by atoms with Crippen LogP contribution in [0.15, 0.2) is 35.1 Å². The van der Waals surface area contributed by atoms with E-state index in [4.69, 9.17) is 0 Å². The molecule has 0 aliphatic heterocycles. The number of aromatic nitrogens is 1. The van der Waals surface area contributed by atoms with E-state index in [0.717, 1.165) is 16.5 Å². The maximum atomic E-state index is 12.0. The number of benzene rings is 1. The van der Waals surface area contributed by atoms with E-state index in [2.05, 4.69) is 11.1 Å². The highest BCUT2D eigenvalue weighted by molar-refractivity contribution is 5.81. The van der Waals surface area contributed by atoms with Gasteiger partial charge < -0.3 is 4.98 Å². The first kappa shape index (κ1) is 10.6. The van der Waals surface area contributed by atoms with Crippen molar-refractivity contribution in [3.63, 3.8) is 0 Å². The van der Waals surface area contributed by atoms with Crippen molar-refractivity contribution in [3.05, 3.63) is 46.4 Å². The molecule has 1 fully saturated rings. The average molecular weight is 227 g/mol. The molecule has 88 valence electrons. The van der Waals surface area contributed by atoms with Crippen LogP contribution < -0.4 is 5.56 Å². The number of rotatable bonds is 1. The number of fused-ring (bicyclic) bond motifs is 1. The molecule has 1 heterocycles. The fourth-order valence-electron chi connectivity index (χ4n) is 2.87. The summed E-state index contributed by atoms with van der Waals surface area (Å²) < 4.78 is 0. The van der Waals surface area contributed by atoms with Gasteiger partial charge in [-0.3, -0.25) is 4.79 Å². The zero-order valence-corrected chi connectivity index (χ0v) is 9.91. The van der Waals surface area contributed by atoms with Gasteiger partial charge in [0, 0.05) is 11.1 Å². The number of H-pyrrole nitrogens is 1. The molecule has 3 rings (SSSR count). The van der Waals surface area contributed by atoms with E-state index in [1.165, 1.54) is 32.1 Å². The Balaban J connectivity index is 2.08. The summed E-state index contributed by atoms with van der Waals surface area (Å²) in [5.74, 6) is 0.557. The predicted octanol–water partition coefficient (Wildman–Crippen LogP) is 3.58. The molecule has 1 aliphatic carbocycles. The topological polar surface area (TPSA) is 32.9 Å². The molecule has 0 atom stereocenters. The van der Waals surface area contributed by atoms with E-state index in [0.29, 0.717) is 5.92 Å². The largest absolute Gasteiger partial charge is 0.325 e. The lowest BCUT2D eigenvalue weighted by atomic mass is 9.86. The van der Waals surface area contributed by atoms with Crippen LogP contribution in [0.1, 0.15) is 43.7 Å². The lowest BCUT2D eigenvalue weighted by molar-refractivity contribution is 0.436. The Morgan fingerprint density at radius 1 is 1.06 bits per heavy atom. The van der Waals surface area contributed by atoms with Gasteiger partial charge in [0.2, 0.25) is 0 Å². The van der Waals surface area contributed by atoms with E-state index >= 15 is 0 Å². The standard InChI is InChI=1S/C15H17NO/c17-15-13-9-5-4-8-12(13)10-14(16-15)11-6-2-1-3-7-11/h4-5,8-11H,1-3,6-7H2,(H,16,17). The first-order chi connectivity index (χ1) is 8.34. The number of pyridine rings is 1. The molecule has 1 aromatic carbocycles. The second kappa shape index (κ2) is 4.36. The van der Waals surface area contributed by atoms with Gasteiger partial charge in [-0.05, 0) is 36.3 Å². The summed E-state index contributed by atoms with van der Waals surface area (Å²) in [4.78, 5) is 15.1. The second-order valence-corrected chi connectivity index (χ2v) is 4.98. The maximum absolute atomic E-state index is 12.0. The van der Waals surface area contributed by atoms with Crippen LogP contribution >= 0.6 is 0 Å². The number of hydrogen-bond donors (Lipinski definition) is 1. The van der Waals surface area contributed by atoms with Crippen molar-refractivity contribution in [2.45, 2.75) is 38.0 Å². The van der Waals surface area contributed by atoms with Crippen LogP contribution in [0.4, 0.5) is 0 Å². The Morgan fingerprint density at radius 2 is 1.82 bits per heavy atom. The Hall–Kier alpha value is -1.57. The van der Waals surface area contributed by atoms with E-state index in [1.54, 1.807) is 0 Å². The average Bonchev–Trinajstić information content (AvgIpc) is 2.40. The van der Waals surface area contributed by atoms with E-state index in [9.17, 15) is 4.79 Å². The summed E-state index contributed by atoms with van der Waals surface area (Å²) in [6.45, 7) is 0. The fraction of sp³-hybridized carbons (Fsp3) is 0.400. The van der Waals surface area contributed by atoms with E-state index in [1.807, 2.05) is 24.3 Å². The Bertz CT molecular complexity index is 579. The third-order valence-corrected chi connectivity index (χ3v) is 3.82. The molecule has 17 heavy (non-hydrogen) atoms. The smallest absolute Gasteiger partial charge is 0.256 e. The third kappa shape index (κ3) is 1.99. The van der Waals surface area contributed by atoms with Crippen LogP contribution in [-0.4, -0.2) is 4.98 Å². The van der Waals surface area contributed by atoms with Crippen LogP contribution in [0.2, 0.25) is 0 Å². The minimum absolute atomic E-state index is 0.0590. The summed E-state index contributed by atoms with van der Waals surface area (Å²) in [5.41, 5.74) is 1.19. The van der Waals surface area contributed by atoms with Crippen LogP contribution in [-0.2, 0) is 0 Å². The summed E-state index contributed by atoms with van der Waals surface area (Å²) in [6.07, 6.45) is 6.36. The SMILES string of the molecule is O=c1[nH]c(C2CCCCC2)cc2ccccc12. The first-order valence-electron chi connectivity index (χ1n) is 6.46. The molecule has 1 saturated carbocycles. The van der Waals surface area contributed by atoms with Gasteiger partial charge in [-0.25, -0.2) is 0 Å².